The molecule has 6 aromatic carbocycles. The highest BCUT2D eigenvalue weighted by molar-refractivity contribution is 7.80. The quantitative estimate of drug-likeness (QED) is 0.168. The van der Waals surface area contributed by atoms with Gasteiger partial charge in [0.05, 0.1) is 13.2 Å². The summed E-state index contributed by atoms with van der Waals surface area (Å²) in [4.78, 5) is 0. The van der Waals surface area contributed by atoms with Crippen LogP contribution in [0.2, 0.25) is 0 Å². The van der Waals surface area contributed by atoms with E-state index in [-0.39, 0.29) is 0 Å². The van der Waals surface area contributed by atoms with Crippen LogP contribution in [0.25, 0.3) is 11.1 Å². The van der Waals surface area contributed by atoms with E-state index in [9.17, 15) is 0 Å². The average Bonchev–Trinajstić information content (AvgIpc) is 3.15. The lowest BCUT2D eigenvalue weighted by Gasteiger charge is -2.29. The molecule has 0 amide bonds. The van der Waals surface area contributed by atoms with Gasteiger partial charge in [-0.25, -0.2) is 0 Å². The van der Waals surface area contributed by atoms with Gasteiger partial charge in [-0.2, -0.15) is 0 Å². The van der Waals surface area contributed by atoms with Crippen LogP contribution in [-0.2, 0) is 0 Å². The van der Waals surface area contributed by atoms with Crippen LogP contribution in [-0.4, -0.2) is 13.2 Å². The summed E-state index contributed by atoms with van der Waals surface area (Å²) in [5.74, 6) is 1.88. The average molecular weight is 651 g/mol. The summed E-state index contributed by atoms with van der Waals surface area (Å²) < 4.78 is 13.7. The molecule has 1 heterocycles. The zero-order chi connectivity index (χ0) is 31.7. The molecule has 1 aliphatic rings. The predicted octanol–water partition coefficient (Wildman–Crippen LogP) is 8.59. The Kier molecular flexibility index (Phi) is 10.4. The monoisotopic (exact) mass is 650 g/mol. The van der Waals surface area contributed by atoms with E-state index < -0.39 is 15.8 Å². The van der Waals surface area contributed by atoms with Crippen molar-refractivity contribution in [2.75, 3.05) is 13.2 Å². The van der Waals surface area contributed by atoms with Crippen LogP contribution in [0.15, 0.2) is 158 Å². The standard InChI is InChI=1S/C43H40O2P2/c1-2-16-32-44-38-28-18-30-40(46(34-20-8-4-9-21-34)35-22-10-5-11-23-35)42(38)43-39(45-33-17-3-1)29-19-31-41(43)47(36-24-12-6-13-25-36)37-26-14-7-15-27-37/h4-15,18-31H,1-3,16-17,32-33H2. The summed E-state index contributed by atoms with van der Waals surface area (Å²) in [7, 11) is -1.81. The summed E-state index contributed by atoms with van der Waals surface area (Å²) in [5.41, 5.74) is 2.33. The van der Waals surface area contributed by atoms with Gasteiger partial charge < -0.3 is 9.47 Å². The van der Waals surface area contributed by atoms with E-state index in [1.165, 1.54) is 51.1 Å². The van der Waals surface area contributed by atoms with E-state index in [0.717, 1.165) is 35.5 Å². The molecule has 0 N–H and O–H groups in total. The predicted molar refractivity (Wildman–Crippen MR) is 203 cm³/mol. The van der Waals surface area contributed by atoms with Crippen molar-refractivity contribution in [3.63, 3.8) is 0 Å². The summed E-state index contributed by atoms with van der Waals surface area (Å²) in [6, 6.07) is 57.4. The van der Waals surface area contributed by atoms with Crippen molar-refractivity contribution < 1.29 is 9.47 Å². The Hall–Kier alpha value is -4.22. The number of ether oxygens (including phenoxy) is 2. The molecule has 234 valence electrons. The van der Waals surface area contributed by atoms with Gasteiger partial charge in [0.2, 0.25) is 0 Å². The van der Waals surface area contributed by atoms with Crippen LogP contribution >= 0.6 is 15.8 Å². The highest BCUT2D eigenvalue weighted by Gasteiger charge is 2.30. The van der Waals surface area contributed by atoms with Crippen molar-refractivity contribution in [3.05, 3.63) is 158 Å². The molecule has 47 heavy (non-hydrogen) atoms. The molecule has 1 aliphatic heterocycles. The molecule has 2 nitrogen and oxygen atoms in total. The van der Waals surface area contributed by atoms with Crippen molar-refractivity contribution in [2.24, 2.45) is 0 Å². The second-order valence-electron chi connectivity index (χ2n) is 11.8. The summed E-state index contributed by atoms with van der Waals surface area (Å²) >= 11 is 0. The normalized spacial score (nSPS) is 13.7. The van der Waals surface area contributed by atoms with Gasteiger partial charge in [-0.3, -0.25) is 0 Å². The first kappa shape index (κ1) is 31.4. The Morgan fingerprint density at radius 3 is 0.979 bits per heavy atom. The van der Waals surface area contributed by atoms with Crippen LogP contribution in [0.1, 0.15) is 32.1 Å². The van der Waals surface area contributed by atoms with Crippen molar-refractivity contribution in [2.45, 2.75) is 32.1 Å². The smallest absolute Gasteiger partial charge is 0.127 e. The Labute approximate surface area is 281 Å². The Bertz CT molecular complexity index is 1640. The van der Waals surface area contributed by atoms with Crippen molar-refractivity contribution >= 4 is 47.7 Å². The van der Waals surface area contributed by atoms with E-state index >= 15 is 0 Å². The Morgan fingerprint density at radius 1 is 0.319 bits per heavy atom. The molecule has 0 saturated heterocycles. The second kappa shape index (κ2) is 15.6. The van der Waals surface area contributed by atoms with E-state index in [2.05, 4.69) is 158 Å². The first-order valence-corrected chi connectivity index (χ1v) is 19.4. The number of hydrogen-bond donors (Lipinski definition) is 0. The van der Waals surface area contributed by atoms with Gasteiger partial charge in [0, 0.05) is 11.1 Å². The SMILES string of the molecule is c1ccc(P(c2ccccc2)c2cccc3c2-c2c(cccc2P(c2ccccc2)c2ccccc2)OCCCCCCCO3)cc1. The molecular weight excluding hydrogens is 610 g/mol. The largest absolute Gasteiger partial charge is 0.493 e. The molecule has 6 aromatic rings. The maximum Gasteiger partial charge on any atom is 0.127 e. The van der Waals surface area contributed by atoms with Crippen LogP contribution in [0, 0.1) is 0 Å². The first-order valence-electron chi connectivity index (χ1n) is 16.7. The number of hydrogen-bond acceptors (Lipinski definition) is 2. The van der Waals surface area contributed by atoms with Crippen LogP contribution in [0.3, 0.4) is 0 Å². The highest BCUT2D eigenvalue weighted by atomic mass is 31.1. The highest BCUT2D eigenvalue weighted by Crippen LogP contribution is 2.47. The second-order valence-corrected chi connectivity index (χ2v) is 16.1. The van der Waals surface area contributed by atoms with Crippen molar-refractivity contribution in [1.82, 2.24) is 0 Å². The number of rotatable bonds is 6. The third-order valence-electron chi connectivity index (χ3n) is 8.60. The van der Waals surface area contributed by atoms with E-state index in [1.807, 2.05) is 0 Å². The van der Waals surface area contributed by atoms with Gasteiger partial charge in [-0.05, 0) is 72.6 Å². The molecule has 0 spiro atoms. The maximum atomic E-state index is 6.83. The third-order valence-corrected chi connectivity index (χ3v) is 13.6. The van der Waals surface area contributed by atoms with Gasteiger partial charge in [-0.1, -0.05) is 165 Å². The summed E-state index contributed by atoms with van der Waals surface area (Å²) in [6.45, 7) is 1.41. The molecule has 0 radical (unpaired) electrons. The fraction of sp³-hybridized carbons (Fsp3) is 0.163. The lowest BCUT2D eigenvalue weighted by Crippen LogP contribution is -2.26. The minimum Gasteiger partial charge on any atom is -0.493 e. The molecular formula is C43H40O2P2. The van der Waals surface area contributed by atoms with Gasteiger partial charge in [0.15, 0.2) is 0 Å². The van der Waals surface area contributed by atoms with Gasteiger partial charge in [0.1, 0.15) is 11.5 Å². The lowest BCUT2D eigenvalue weighted by atomic mass is 10.0. The molecule has 7 rings (SSSR count). The molecule has 0 unspecified atom stereocenters. The van der Waals surface area contributed by atoms with Crippen LogP contribution in [0.5, 0.6) is 11.5 Å². The summed E-state index contributed by atoms with van der Waals surface area (Å²) in [6.07, 6.45) is 5.63. The topological polar surface area (TPSA) is 18.5 Å². The van der Waals surface area contributed by atoms with Gasteiger partial charge in [-0.15, -0.1) is 0 Å². The van der Waals surface area contributed by atoms with E-state index in [4.69, 9.17) is 9.47 Å². The lowest BCUT2D eigenvalue weighted by molar-refractivity contribution is 0.298. The minimum absolute atomic E-state index is 0.704. The fourth-order valence-corrected chi connectivity index (χ4v) is 11.4. The van der Waals surface area contributed by atoms with E-state index in [1.54, 1.807) is 0 Å². The minimum atomic E-state index is -0.907. The van der Waals surface area contributed by atoms with E-state index in [0.29, 0.717) is 13.2 Å². The zero-order valence-electron chi connectivity index (χ0n) is 26.7. The van der Waals surface area contributed by atoms with Gasteiger partial charge in [0.25, 0.3) is 0 Å². The molecule has 0 atom stereocenters. The molecule has 0 fully saturated rings. The van der Waals surface area contributed by atoms with Gasteiger partial charge >= 0.3 is 0 Å². The fourth-order valence-electron chi connectivity index (χ4n) is 6.42. The molecule has 4 heteroatoms. The number of fused-ring (bicyclic) bond motifs is 3. The maximum absolute atomic E-state index is 6.83. The van der Waals surface area contributed by atoms with Crippen LogP contribution < -0.4 is 41.3 Å². The molecule has 0 aliphatic carbocycles. The third kappa shape index (κ3) is 7.21. The molecule has 0 bridgehead atoms. The van der Waals surface area contributed by atoms with Crippen molar-refractivity contribution in [1.29, 1.82) is 0 Å². The Morgan fingerprint density at radius 2 is 0.638 bits per heavy atom. The number of benzene rings is 6. The Balaban J connectivity index is 1.55. The molecule has 0 aromatic heterocycles. The molecule has 0 saturated carbocycles. The summed E-state index contributed by atoms with van der Waals surface area (Å²) in [5, 5.41) is 7.85. The van der Waals surface area contributed by atoms with Crippen LogP contribution in [0.4, 0.5) is 0 Å². The first-order chi connectivity index (χ1) is 23.4. The van der Waals surface area contributed by atoms with Crippen molar-refractivity contribution in [3.8, 4) is 22.6 Å². The zero-order valence-corrected chi connectivity index (χ0v) is 28.5.